The number of carbonyl (C=O) groups excluding carboxylic acids is 4. The zero-order valence-electron chi connectivity index (χ0n) is 36.6. The zero-order chi connectivity index (χ0) is 44.4. The summed E-state index contributed by atoms with van der Waals surface area (Å²) >= 11 is 0. The number of hydrogen-bond acceptors (Lipinski definition) is 8. The molecule has 322 valence electrons. The summed E-state index contributed by atoms with van der Waals surface area (Å²) in [6.07, 6.45) is 0.718. The number of ether oxygens (including phenoxy) is 1. The fourth-order valence-corrected chi connectivity index (χ4v) is 7.43. The van der Waals surface area contributed by atoms with Gasteiger partial charge in [0, 0.05) is 57.9 Å². The van der Waals surface area contributed by atoms with Crippen molar-refractivity contribution in [3.05, 3.63) is 98.7 Å². The second-order valence-electron chi connectivity index (χ2n) is 15.5. The average Bonchev–Trinajstić information content (AvgIpc) is 3.94. The van der Waals surface area contributed by atoms with Crippen molar-refractivity contribution in [1.82, 2.24) is 42.7 Å². The Morgan fingerprint density at radius 1 is 0.705 bits per heavy atom. The van der Waals surface area contributed by atoms with Crippen LogP contribution in [0.5, 0.6) is 5.75 Å². The molecule has 0 saturated heterocycles. The molecule has 4 heterocycles. The van der Waals surface area contributed by atoms with E-state index in [4.69, 9.17) is 21.2 Å². The number of aryl methyl sites for hydroxylation is 6. The molecular formula is C43H55N13O5. The van der Waals surface area contributed by atoms with Gasteiger partial charge in [-0.05, 0) is 105 Å². The molecule has 6 rings (SSSR count). The van der Waals surface area contributed by atoms with Gasteiger partial charge in [-0.25, -0.2) is 0 Å². The van der Waals surface area contributed by atoms with E-state index in [-0.39, 0.29) is 12.1 Å². The number of primary amides is 2. The topological polar surface area (TPSA) is 213 Å². The maximum atomic E-state index is 14.0. The van der Waals surface area contributed by atoms with Gasteiger partial charge in [-0.2, -0.15) is 20.2 Å². The number of nitrogens with two attached hydrogens (primary N) is 2. The number of fused-ring (bicyclic) bond motifs is 2. The third-order valence-electron chi connectivity index (χ3n) is 10.7. The third kappa shape index (κ3) is 8.89. The van der Waals surface area contributed by atoms with E-state index in [2.05, 4.69) is 20.1 Å². The molecule has 0 fully saturated rings. The monoisotopic (exact) mass is 833 g/mol. The van der Waals surface area contributed by atoms with Gasteiger partial charge in [-0.15, -0.1) is 0 Å². The van der Waals surface area contributed by atoms with Crippen LogP contribution in [-0.4, -0.2) is 93.6 Å². The van der Waals surface area contributed by atoms with Crippen molar-refractivity contribution < 1.29 is 23.9 Å². The molecule has 0 bridgehead atoms. The zero-order valence-corrected chi connectivity index (χ0v) is 36.6. The van der Waals surface area contributed by atoms with Gasteiger partial charge in [0.25, 0.3) is 11.8 Å². The lowest BCUT2D eigenvalue weighted by Crippen LogP contribution is -2.28. The molecule has 4 amide bonds. The highest BCUT2D eigenvalue weighted by Gasteiger charge is 2.22. The van der Waals surface area contributed by atoms with Crippen molar-refractivity contribution in [2.45, 2.75) is 74.1 Å². The summed E-state index contributed by atoms with van der Waals surface area (Å²) < 4.78 is 17.0. The van der Waals surface area contributed by atoms with Crippen LogP contribution in [0.4, 0.5) is 0 Å². The highest BCUT2D eigenvalue weighted by atomic mass is 16.5. The third-order valence-corrected chi connectivity index (χ3v) is 10.7. The quantitative estimate of drug-likeness (QED) is 0.115. The van der Waals surface area contributed by atoms with Gasteiger partial charge in [0.05, 0.1) is 34.5 Å². The summed E-state index contributed by atoms with van der Waals surface area (Å²) in [5.41, 5.74) is 19.2. The molecular weight excluding hydrogens is 779 g/mol. The molecule has 18 nitrogen and oxygen atoms in total. The molecule has 0 saturated carbocycles. The predicted octanol–water partition coefficient (Wildman–Crippen LogP) is 3.37. The fraction of sp³-hybridized carbons (Fsp3) is 0.395. The highest BCUT2D eigenvalue weighted by Crippen LogP contribution is 2.29. The molecule has 61 heavy (non-hydrogen) atoms. The smallest absolute Gasteiger partial charge is 0.298 e. The number of benzene rings is 2. The Morgan fingerprint density at radius 3 is 1.74 bits per heavy atom. The van der Waals surface area contributed by atoms with Crippen LogP contribution in [0.3, 0.4) is 0 Å². The van der Waals surface area contributed by atoms with E-state index in [9.17, 15) is 19.2 Å². The van der Waals surface area contributed by atoms with Crippen molar-refractivity contribution in [2.75, 3.05) is 27.2 Å². The van der Waals surface area contributed by atoms with E-state index in [1.807, 2.05) is 64.8 Å². The van der Waals surface area contributed by atoms with Gasteiger partial charge in [0.15, 0.2) is 0 Å². The lowest BCUT2D eigenvalue weighted by atomic mass is 10.1. The largest absolute Gasteiger partial charge is 0.491 e. The molecule has 18 heteroatoms. The Balaban J connectivity index is 1.54. The summed E-state index contributed by atoms with van der Waals surface area (Å²) in [4.78, 5) is 64.1. The summed E-state index contributed by atoms with van der Waals surface area (Å²) in [6, 6.07) is 11.9. The van der Waals surface area contributed by atoms with Crippen molar-refractivity contribution in [2.24, 2.45) is 35.5 Å². The van der Waals surface area contributed by atoms with Gasteiger partial charge >= 0.3 is 0 Å². The Hall–Kier alpha value is -6.82. The molecule has 4 N–H and O–H groups in total. The number of hydrogen-bond donors (Lipinski definition) is 2. The van der Waals surface area contributed by atoms with Crippen LogP contribution in [0.15, 0.2) is 63.6 Å². The lowest BCUT2D eigenvalue weighted by molar-refractivity contribution is 0.0977. The van der Waals surface area contributed by atoms with Crippen LogP contribution in [-0.2, 0) is 40.3 Å². The van der Waals surface area contributed by atoms with Crippen LogP contribution >= 0.6 is 0 Å². The molecule has 4 aromatic heterocycles. The maximum Gasteiger partial charge on any atom is 0.298 e. The molecule has 0 atom stereocenters. The standard InChI is InChI=1S/C43H55N13O5/c1-11-55-34(18-27(5)48-55)40(59)46-42-51(9)32-20-29(38(44)57)14-15-31(32)53(42)23-25(3)26(4)24-54-37-33(21-30(39(45)58)22-36(37)61-17-13-16-50(7)8)52(10)43(54)47-41(60)35-19-28(6)49-56(35)12-2/h14-15,18-22H,11-13,16-17,23-24H2,1-10H3,(H2,44,57)(H2,45,58)/b26-25+,46-42+,47-43+. The van der Waals surface area contributed by atoms with Crippen molar-refractivity contribution in [3.63, 3.8) is 0 Å². The van der Waals surface area contributed by atoms with E-state index in [0.717, 1.165) is 29.6 Å². The van der Waals surface area contributed by atoms with E-state index >= 15 is 0 Å². The second kappa shape index (κ2) is 17.8. The Kier molecular flexibility index (Phi) is 12.8. The summed E-state index contributed by atoms with van der Waals surface area (Å²) in [5, 5.41) is 8.90. The van der Waals surface area contributed by atoms with E-state index in [1.165, 1.54) is 0 Å². The average molecular weight is 834 g/mol. The maximum absolute atomic E-state index is 14.0. The Bertz CT molecular complexity index is 2890. The van der Waals surface area contributed by atoms with Gasteiger partial charge in [0.2, 0.25) is 23.1 Å². The van der Waals surface area contributed by atoms with E-state index in [1.54, 1.807) is 75.1 Å². The minimum Gasteiger partial charge on any atom is -0.491 e. The van der Waals surface area contributed by atoms with Crippen LogP contribution in [0.1, 0.15) is 87.2 Å². The molecule has 0 unspecified atom stereocenters. The molecule has 6 aromatic rings. The van der Waals surface area contributed by atoms with Crippen LogP contribution in [0, 0.1) is 13.8 Å². The molecule has 2 aromatic carbocycles. The minimum atomic E-state index is -0.624. The second-order valence-corrected chi connectivity index (χ2v) is 15.5. The molecule has 0 aliphatic heterocycles. The van der Waals surface area contributed by atoms with Crippen LogP contribution in [0.25, 0.3) is 22.1 Å². The van der Waals surface area contributed by atoms with Gasteiger partial charge in [-0.1, -0.05) is 11.1 Å². The van der Waals surface area contributed by atoms with E-state index < -0.39 is 23.6 Å². The van der Waals surface area contributed by atoms with Gasteiger partial charge < -0.3 is 39.4 Å². The number of rotatable bonds is 15. The first-order valence-electron chi connectivity index (χ1n) is 20.2. The summed E-state index contributed by atoms with van der Waals surface area (Å²) in [6.45, 7) is 14.1. The predicted molar refractivity (Wildman–Crippen MR) is 231 cm³/mol. The lowest BCUT2D eigenvalue weighted by Gasteiger charge is -2.15. The highest BCUT2D eigenvalue weighted by molar-refractivity contribution is 5.99. The summed E-state index contributed by atoms with van der Waals surface area (Å²) in [5.74, 6) is -1.74. The number of carbonyl (C=O) groups is 4. The Morgan fingerprint density at radius 2 is 1.21 bits per heavy atom. The fourth-order valence-electron chi connectivity index (χ4n) is 7.43. The van der Waals surface area contributed by atoms with E-state index in [0.29, 0.717) is 88.1 Å². The minimum absolute atomic E-state index is 0.249. The normalized spacial score (nSPS) is 12.9. The first-order chi connectivity index (χ1) is 28.9. The van der Waals surface area contributed by atoms with Gasteiger partial charge in [0.1, 0.15) is 22.7 Å². The van der Waals surface area contributed by atoms with Crippen LogP contribution in [0.2, 0.25) is 0 Å². The first kappa shape index (κ1) is 43.8. The number of allylic oxidation sites excluding steroid dienone is 2. The van der Waals surface area contributed by atoms with Crippen LogP contribution < -0.4 is 27.4 Å². The number of amides is 4. The SMILES string of the molecule is CCn1nc(C)cc1C(=O)/N=c1\n(C)c2cc(C(N)=O)ccc2n1C/C(C)=C(\C)Cn1/c(=N/C(=O)c2cc(C)nn2CC)n(C)c2cc(C(N)=O)cc(OCCCN(C)C)c21. The Labute approximate surface area is 353 Å². The number of nitrogens with zero attached hydrogens (tertiary/aromatic N) is 11. The summed E-state index contributed by atoms with van der Waals surface area (Å²) in [7, 11) is 7.53. The molecule has 0 radical (unpaired) electrons. The number of imidazole rings is 2. The molecule has 0 aliphatic carbocycles. The molecule has 0 aliphatic rings. The molecule has 0 spiro atoms. The van der Waals surface area contributed by atoms with Crippen molar-refractivity contribution in [3.8, 4) is 5.75 Å². The van der Waals surface area contributed by atoms with Crippen molar-refractivity contribution in [1.29, 1.82) is 0 Å². The van der Waals surface area contributed by atoms with Gasteiger partial charge in [-0.3, -0.25) is 28.5 Å². The number of aromatic nitrogens is 8. The van der Waals surface area contributed by atoms with Crippen molar-refractivity contribution >= 4 is 45.7 Å². The first-order valence-corrected chi connectivity index (χ1v) is 20.2.